The van der Waals surface area contributed by atoms with Gasteiger partial charge in [-0.3, -0.25) is 0 Å². The number of thiazole rings is 1. The molecule has 1 aromatic carbocycles. The minimum absolute atomic E-state index is 0.128. The maximum atomic E-state index is 12.4. The molecule has 0 radical (unpaired) electrons. The molecule has 34 heavy (non-hydrogen) atoms. The van der Waals surface area contributed by atoms with Crippen molar-refractivity contribution < 1.29 is 14.3 Å². The molecule has 0 spiro atoms. The molecule has 0 saturated heterocycles. The Hall–Kier alpha value is -3.13. The highest BCUT2D eigenvalue weighted by molar-refractivity contribution is 7.22. The molecule has 3 heterocycles. The number of carbonyl (C=O) groups is 1. The van der Waals surface area contributed by atoms with E-state index in [9.17, 15) is 4.79 Å². The van der Waals surface area contributed by atoms with Crippen molar-refractivity contribution >= 4 is 38.4 Å². The van der Waals surface area contributed by atoms with Crippen molar-refractivity contribution in [3.8, 4) is 5.88 Å². The van der Waals surface area contributed by atoms with E-state index < -0.39 is 5.60 Å². The van der Waals surface area contributed by atoms with Crippen molar-refractivity contribution in [2.75, 3.05) is 18.4 Å². The smallest absolute Gasteiger partial charge is 0.410 e. The summed E-state index contributed by atoms with van der Waals surface area (Å²) >= 11 is 1.69. The fourth-order valence-electron chi connectivity index (χ4n) is 4.18. The van der Waals surface area contributed by atoms with E-state index in [2.05, 4.69) is 27.4 Å². The predicted molar refractivity (Wildman–Crippen MR) is 135 cm³/mol. The molecule has 0 bridgehead atoms. The molecule has 2 aliphatic rings. The van der Waals surface area contributed by atoms with Crippen LogP contribution in [0, 0.1) is 0 Å². The lowest BCUT2D eigenvalue weighted by molar-refractivity contribution is 0.0270. The van der Waals surface area contributed by atoms with Gasteiger partial charge >= 0.3 is 6.09 Å². The number of benzene rings is 1. The lowest BCUT2D eigenvalue weighted by Crippen LogP contribution is -2.42. The highest BCUT2D eigenvalue weighted by Gasteiger charge is 2.33. The summed E-state index contributed by atoms with van der Waals surface area (Å²) in [6.45, 7) is 6.79. The number of rotatable bonds is 5. The minimum Gasteiger partial charge on any atom is -0.474 e. The fourth-order valence-corrected chi connectivity index (χ4v) is 5.12. The maximum Gasteiger partial charge on any atom is 0.410 e. The highest BCUT2D eigenvalue weighted by Crippen LogP contribution is 2.35. The van der Waals surface area contributed by atoms with E-state index in [0.717, 1.165) is 41.0 Å². The fraction of sp³-hybridized carbons (Fsp3) is 0.423. The van der Waals surface area contributed by atoms with Gasteiger partial charge in [-0.25, -0.2) is 14.8 Å². The van der Waals surface area contributed by atoms with Crippen LogP contribution in [0.15, 0.2) is 48.7 Å². The van der Waals surface area contributed by atoms with E-state index in [1.54, 1.807) is 22.4 Å². The number of para-hydroxylation sites is 1. The third kappa shape index (κ3) is 5.17. The van der Waals surface area contributed by atoms with Crippen molar-refractivity contribution in [3.05, 3.63) is 54.2 Å². The number of hydrogen-bond acceptors (Lipinski definition) is 7. The van der Waals surface area contributed by atoms with Gasteiger partial charge in [-0.1, -0.05) is 29.5 Å². The summed E-state index contributed by atoms with van der Waals surface area (Å²) in [7, 11) is 0. The second-order valence-corrected chi connectivity index (χ2v) is 10.8. The van der Waals surface area contributed by atoms with E-state index in [4.69, 9.17) is 9.47 Å². The molecular weight excluding hydrogens is 448 g/mol. The van der Waals surface area contributed by atoms with Gasteiger partial charge in [0.1, 0.15) is 11.7 Å². The molecule has 1 saturated carbocycles. The number of anilines is 1. The molecule has 1 amide bonds. The van der Waals surface area contributed by atoms with E-state index in [0.29, 0.717) is 25.0 Å². The standard InChI is InChI=1S/C26H30N4O3S/c1-26(2,3)33-25(31)30-13-10-17(11-14-30)20-7-6-12-27-23(20)32-19-15-18(16-19)28-24-29-21-8-4-5-9-22(21)34-24/h4-10,12,18-19H,11,13-16H2,1-3H3,(H,28,29)/t18-,19-. The van der Waals surface area contributed by atoms with Gasteiger partial charge < -0.3 is 19.7 Å². The zero-order valence-electron chi connectivity index (χ0n) is 19.8. The number of amides is 1. The van der Waals surface area contributed by atoms with Crippen LogP contribution in [-0.4, -0.2) is 51.8 Å². The first kappa shape index (κ1) is 22.7. The first-order valence-electron chi connectivity index (χ1n) is 11.8. The number of pyridine rings is 1. The predicted octanol–water partition coefficient (Wildman–Crippen LogP) is 5.74. The molecule has 1 fully saturated rings. The van der Waals surface area contributed by atoms with Gasteiger partial charge in [0.25, 0.3) is 0 Å². The minimum atomic E-state index is -0.492. The van der Waals surface area contributed by atoms with Crippen LogP contribution in [0.4, 0.5) is 9.93 Å². The third-order valence-corrected chi connectivity index (χ3v) is 6.94. The molecule has 2 aromatic heterocycles. The van der Waals surface area contributed by atoms with Gasteiger partial charge in [0.15, 0.2) is 5.13 Å². The van der Waals surface area contributed by atoms with E-state index in [1.807, 2.05) is 51.1 Å². The molecule has 178 valence electrons. The van der Waals surface area contributed by atoms with Crippen LogP contribution in [0.3, 0.4) is 0 Å². The molecule has 0 unspecified atom stereocenters. The lowest BCUT2D eigenvalue weighted by Gasteiger charge is -2.36. The van der Waals surface area contributed by atoms with Gasteiger partial charge in [0.2, 0.25) is 5.88 Å². The summed E-state index contributed by atoms with van der Waals surface area (Å²) in [5.74, 6) is 0.669. The van der Waals surface area contributed by atoms with Crippen LogP contribution in [0.25, 0.3) is 15.8 Å². The van der Waals surface area contributed by atoms with Gasteiger partial charge in [-0.05, 0) is 57.0 Å². The maximum absolute atomic E-state index is 12.4. The van der Waals surface area contributed by atoms with Crippen molar-refractivity contribution in [1.82, 2.24) is 14.9 Å². The average molecular weight is 479 g/mol. The van der Waals surface area contributed by atoms with Crippen molar-refractivity contribution in [3.63, 3.8) is 0 Å². The SMILES string of the molecule is CC(C)(C)OC(=O)N1CC=C(c2cccnc2O[C@H]2C[C@H](Nc3nc4ccccc4s3)C2)CC1. The van der Waals surface area contributed by atoms with Crippen LogP contribution >= 0.6 is 11.3 Å². The molecule has 1 aliphatic carbocycles. The molecule has 1 N–H and O–H groups in total. The molecule has 3 aromatic rings. The van der Waals surface area contributed by atoms with Crippen molar-refractivity contribution in [2.45, 2.75) is 57.8 Å². The number of hydrogen-bond donors (Lipinski definition) is 1. The molecular formula is C26H30N4O3S. The van der Waals surface area contributed by atoms with Gasteiger partial charge in [0, 0.05) is 43.7 Å². The monoisotopic (exact) mass is 478 g/mol. The van der Waals surface area contributed by atoms with Gasteiger partial charge in [0.05, 0.1) is 10.2 Å². The Balaban J connectivity index is 1.17. The van der Waals surface area contributed by atoms with Gasteiger partial charge in [-0.15, -0.1) is 0 Å². The Labute approximate surface area is 203 Å². The summed E-state index contributed by atoms with van der Waals surface area (Å²) in [6, 6.07) is 12.5. The Morgan fingerprint density at radius 1 is 1.18 bits per heavy atom. The Bertz CT molecular complexity index is 1180. The second kappa shape index (κ2) is 9.25. The molecule has 1 aliphatic heterocycles. The lowest BCUT2D eigenvalue weighted by atomic mass is 9.89. The van der Waals surface area contributed by atoms with Crippen LogP contribution in [0.1, 0.15) is 45.6 Å². The summed E-state index contributed by atoms with van der Waals surface area (Å²) in [4.78, 5) is 23.3. The number of fused-ring (bicyclic) bond motifs is 1. The Kier molecular flexibility index (Phi) is 6.16. The number of aromatic nitrogens is 2. The normalized spacial score (nSPS) is 20.4. The zero-order chi connectivity index (χ0) is 23.7. The Morgan fingerprint density at radius 2 is 2.00 bits per heavy atom. The molecule has 5 rings (SSSR count). The topological polar surface area (TPSA) is 76.6 Å². The average Bonchev–Trinajstić information content (AvgIpc) is 3.19. The first-order valence-corrected chi connectivity index (χ1v) is 12.6. The summed E-state index contributed by atoms with van der Waals surface area (Å²) in [5, 5.41) is 4.50. The Morgan fingerprint density at radius 3 is 2.74 bits per heavy atom. The van der Waals surface area contributed by atoms with E-state index in [-0.39, 0.29) is 12.2 Å². The highest BCUT2D eigenvalue weighted by atomic mass is 32.1. The zero-order valence-corrected chi connectivity index (χ0v) is 20.6. The summed E-state index contributed by atoms with van der Waals surface area (Å²) in [5.41, 5.74) is 2.71. The van der Waals surface area contributed by atoms with Gasteiger partial charge in [-0.2, -0.15) is 0 Å². The number of ether oxygens (including phenoxy) is 2. The van der Waals surface area contributed by atoms with Crippen LogP contribution in [0.5, 0.6) is 5.88 Å². The van der Waals surface area contributed by atoms with Crippen LogP contribution < -0.4 is 10.1 Å². The van der Waals surface area contributed by atoms with E-state index >= 15 is 0 Å². The molecule has 0 atom stereocenters. The number of nitrogens with zero attached hydrogens (tertiary/aromatic N) is 3. The summed E-state index contributed by atoms with van der Waals surface area (Å²) < 4.78 is 13.0. The molecule has 8 heteroatoms. The quantitative estimate of drug-likeness (QED) is 0.504. The number of nitrogens with one attached hydrogen (secondary N) is 1. The van der Waals surface area contributed by atoms with Crippen LogP contribution in [-0.2, 0) is 4.74 Å². The molecule has 7 nitrogen and oxygen atoms in total. The van der Waals surface area contributed by atoms with Crippen LogP contribution in [0.2, 0.25) is 0 Å². The van der Waals surface area contributed by atoms with Crippen molar-refractivity contribution in [1.29, 1.82) is 0 Å². The largest absolute Gasteiger partial charge is 0.474 e. The third-order valence-electron chi connectivity index (χ3n) is 5.97. The first-order chi connectivity index (χ1) is 16.3. The van der Waals surface area contributed by atoms with Crippen molar-refractivity contribution in [2.24, 2.45) is 0 Å². The van der Waals surface area contributed by atoms with E-state index in [1.165, 1.54) is 4.70 Å². The summed E-state index contributed by atoms with van der Waals surface area (Å²) in [6.07, 6.45) is 6.28. The number of carbonyl (C=O) groups excluding carboxylic acids is 1. The second-order valence-electron chi connectivity index (χ2n) is 9.80.